The van der Waals surface area contributed by atoms with Crippen LogP contribution in [0.2, 0.25) is 0 Å². The van der Waals surface area contributed by atoms with Gasteiger partial charge in [-0.2, -0.15) is 0 Å². The molecule has 1 N–H and O–H groups in total. The van der Waals surface area contributed by atoms with Gasteiger partial charge in [-0.15, -0.1) is 0 Å². The number of hydrogen-bond acceptors (Lipinski definition) is 2. The Balaban J connectivity index is 1.98. The van der Waals surface area contributed by atoms with Crippen molar-refractivity contribution in [3.05, 3.63) is 28.7 Å². The lowest BCUT2D eigenvalue weighted by atomic mass is 9.85. The lowest BCUT2D eigenvalue weighted by Gasteiger charge is -2.30. The molecule has 1 aliphatic rings. The fourth-order valence-corrected chi connectivity index (χ4v) is 2.96. The maximum Gasteiger partial charge on any atom is 0.229 e. The molecule has 0 bridgehead atoms. The van der Waals surface area contributed by atoms with Crippen LogP contribution in [0.5, 0.6) is 0 Å². The molecule has 1 saturated carbocycles. The summed E-state index contributed by atoms with van der Waals surface area (Å²) >= 11 is 3.41. The van der Waals surface area contributed by atoms with E-state index in [-0.39, 0.29) is 11.8 Å². The Morgan fingerprint density at radius 1 is 1.21 bits per heavy atom. The van der Waals surface area contributed by atoms with Crippen LogP contribution in [-0.4, -0.2) is 26.0 Å². The molecule has 2 rings (SSSR count). The summed E-state index contributed by atoms with van der Waals surface area (Å²) in [4.78, 5) is 14.3. The zero-order chi connectivity index (χ0) is 13.8. The van der Waals surface area contributed by atoms with E-state index < -0.39 is 0 Å². The van der Waals surface area contributed by atoms with Gasteiger partial charge in [0.2, 0.25) is 5.91 Å². The van der Waals surface area contributed by atoms with Gasteiger partial charge >= 0.3 is 0 Å². The van der Waals surface area contributed by atoms with Crippen molar-refractivity contribution in [3.63, 3.8) is 0 Å². The summed E-state index contributed by atoms with van der Waals surface area (Å²) < 4.78 is 1.03. The first kappa shape index (κ1) is 14.5. The van der Waals surface area contributed by atoms with Gasteiger partial charge in [-0.1, -0.05) is 15.9 Å². The SMILES string of the molecule is CNC1CCC(C(=O)N(C)c2ccc(Br)cc2)CC1. The van der Waals surface area contributed by atoms with Gasteiger partial charge in [0.1, 0.15) is 0 Å². The largest absolute Gasteiger partial charge is 0.317 e. The van der Waals surface area contributed by atoms with E-state index in [0.717, 1.165) is 35.8 Å². The molecule has 0 aliphatic heterocycles. The molecular weight excluding hydrogens is 304 g/mol. The number of anilines is 1. The van der Waals surface area contributed by atoms with Crippen molar-refractivity contribution >= 4 is 27.5 Å². The van der Waals surface area contributed by atoms with Crippen molar-refractivity contribution < 1.29 is 4.79 Å². The summed E-state index contributed by atoms with van der Waals surface area (Å²) in [7, 11) is 3.87. The normalized spacial score (nSPS) is 23.1. The summed E-state index contributed by atoms with van der Waals surface area (Å²) in [5.74, 6) is 0.426. The number of benzene rings is 1. The molecule has 1 aromatic carbocycles. The van der Waals surface area contributed by atoms with Crippen LogP contribution in [-0.2, 0) is 4.79 Å². The third kappa shape index (κ3) is 3.57. The third-order valence-corrected chi connectivity index (χ3v) is 4.56. The number of carbonyl (C=O) groups is 1. The first-order valence-electron chi connectivity index (χ1n) is 6.82. The van der Waals surface area contributed by atoms with Crippen molar-refractivity contribution in [1.29, 1.82) is 0 Å². The van der Waals surface area contributed by atoms with Crippen molar-refractivity contribution in [2.75, 3.05) is 19.0 Å². The van der Waals surface area contributed by atoms with E-state index in [9.17, 15) is 4.79 Å². The second kappa shape index (κ2) is 6.53. The first-order valence-corrected chi connectivity index (χ1v) is 7.61. The number of nitrogens with zero attached hydrogens (tertiary/aromatic N) is 1. The molecule has 19 heavy (non-hydrogen) atoms. The third-order valence-electron chi connectivity index (χ3n) is 4.03. The Hall–Kier alpha value is -0.870. The summed E-state index contributed by atoms with van der Waals surface area (Å²) in [5.41, 5.74) is 0.962. The predicted molar refractivity (Wildman–Crippen MR) is 82.4 cm³/mol. The number of halogens is 1. The van der Waals surface area contributed by atoms with E-state index in [1.807, 2.05) is 38.4 Å². The van der Waals surface area contributed by atoms with Crippen LogP contribution in [0.15, 0.2) is 28.7 Å². The molecule has 0 radical (unpaired) electrons. The van der Waals surface area contributed by atoms with E-state index >= 15 is 0 Å². The lowest BCUT2D eigenvalue weighted by Crippen LogP contribution is -2.38. The Morgan fingerprint density at radius 3 is 2.32 bits per heavy atom. The monoisotopic (exact) mass is 324 g/mol. The molecule has 104 valence electrons. The predicted octanol–water partition coefficient (Wildman–Crippen LogP) is 3.19. The highest BCUT2D eigenvalue weighted by Gasteiger charge is 2.28. The topological polar surface area (TPSA) is 32.3 Å². The molecule has 1 amide bonds. The summed E-state index contributed by atoms with van der Waals surface area (Å²) in [6, 6.07) is 8.47. The van der Waals surface area contributed by atoms with Gasteiger partial charge in [-0.25, -0.2) is 0 Å². The summed E-state index contributed by atoms with van der Waals surface area (Å²) in [6.07, 6.45) is 4.18. The number of nitrogens with one attached hydrogen (secondary N) is 1. The number of hydrogen-bond donors (Lipinski definition) is 1. The van der Waals surface area contributed by atoms with E-state index in [1.54, 1.807) is 4.90 Å². The maximum atomic E-state index is 12.5. The maximum absolute atomic E-state index is 12.5. The molecule has 0 atom stereocenters. The molecule has 1 aliphatic carbocycles. The molecule has 4 heteroatoms. The second-order valence-electron chi connectivity index (χ2n) is 5.21. The highest BCUT2D eigenvalue weighted by atomic mass is 79.9. The van der Waals surface area contributed by atoms with Crippen LogP contribution in [0.1, 0.15) is 25.7 Å². The smallest absolute Gasteiger partial charge is 0.229 e. The Bertz CT molecular complexity index is 424. The van der Waals surface area contributed by atoms with E-state index in [1.165, 1.54) is 0 Å². The summed E-state index contributed by atoms with van der Waals surface area (Å²) in [6.45, 7) is 0. The molecule has 0 spiro atoms. The fourth-order valence-electron chi connectivity index (χ4n) is 2.69. The van der Waals surface area contributed by atoms with Crippen molar-refractivity contribution in [1.82, 2.24) is 5.32 Å². The molecule has 0 unspecified atom stereocenters. The van der Waals surface area contributed by atoms with Gasteiger partial charge in [0, 0.05) is 29.2 Å². The molecule has 0 saturated heterocycles. The van der Waals surface area contributed by atoms with Crippen LogP contribution in [0.4, 0.5) is 5.69 Å². The average Bonchev–Trinajstić information content (AvgIpc) is 2.46. The minimum Gasteiger partial charge on any atom is -0.317 e. The number of carbonyl (C=O) groups excluding carboxylic acids is 1. The van der Waals surface area contributed by atoms with E-state index in [0.29, 0.717) is 6.04 Å². The Morgan fingerprint density at radius 2 is 1.79 bits per heavy atom. The van der Waals surface area contributed by atoms with Crippen LogP contribution >= 0.6 is 15.9 Å². The second-order valence-corrected chi connectivity index (χ2v) is 6.13. The minimum atomic E-state index is 0.179. The summed E-state index contributed by atoms with van der Waals surface area (Å²) in [5, 5.41) is 3.30. The van der Waals surface area contributed by atoms with Crippen LogP contribution in [0.25, 0.3) is 0 Å². The highest BCUT2D eigenvalue weighted by Crippen LogP contribution is 2.27. The minimum absolute atomic E-state index is 0.179. The van der Waals surface area contributed by atoms with Crippen LogP contribution in [0.3, 0.4) is 0 Å². The lowest BCUT2D eigenvalue weighted by molar-refractivity contribution is -0.123. The van der Waals surface area contributed by atoms with Gasteiger partial charge in [-0.3, -0.25) is 4.79 Å². The zero-order valence-corrected chi connectivity index (χ0v) is 13.1. The van der Waals surface area contributed by atoms with Gasteiger partial charge in [0.15, 0.2) is 0 Å². The van der Waals surface area contributed by atoms with Crippen molar-refractivity contribution in [2.45, 2.75) is 31.7 Å². The molecule has 3 nitrogen and oxygen atoms in total. The fraction of sp³-hybridized carbons (Fsp3) is 0.533. The van der Waals surface area contributed by atoms with Gasteiger partial charge in [0.05, 0.1) is 0 Å². The molecule has 1 fully saturated rings. The highest BCUT2D eigenvalue weighted by molar-refractivity contribution is 9.10. The van der Waals surface area contributed by atoms with Crippen molar-refractivity contribution in [2.24, 2.45) is 5.92 Å². The first-order chi connectivity index (χ1) is 9.11. The molecule has 1 aromatic rings. The van der Waals surface area contributed by atoms with Crippen LogP contribution < -0.4 is 10.2 Å². The van der Waals surface area contributed by atoms with Gasteiger partial charge in [-0.05, 0) is 57.0 Å². The van der Waals surface area contributed by atoms with Crippen LogP contribution in [0, 0.1) is 5.92 Å². The Labute approximate surface area is 123 Å². The van der Waals surface area contributed by atoms with Gasteiger partial charge in [0.25, 0.3) is 0 Å². The van der Waals surface area contributed by atoms with Crippen molar-refractivity contribution in [3.8, 4) is 0 Å². The quantitative estimate of drug-likeness (QED) is 0.926. The number of rotatable bonds is 3. The van der Waals surface area contributed by atoms with E-state index in [4.69, 9.17) is 0 Å². The molecule has 0 heterocycles. The zero-order valence-electron chi connectivity index (χ0n) is 11.5. The number of amides is 1. The Kier molecular flexibility index (Phi) is 4.99. The standard InChI is InChI=1S/C15H21BrN2O/c1-17-13-7-3-11(4-8-13)15(19)18(2)14-9-5-12(16)6-10-14/h5-6,9-11,13,17H,3-4,7-8H2,1-2H3. The molecular formula is C15H21BrN2O. The van der Waals surface area contributed by atoms with E-state index in [2.05, 4.69) is 21.2 Å². The molecule has 0 aromatic heterocycles. The van der Waals surface area contributed by atoms with Gasteiger partial charge < -0.3 is 10.2 Å². The average molecular weight is 325 g/mol.